The van der Waals surface area contributed by atoms with Crippen molar-refractivity contribution < 1.29 is 18.7 Å². The van der Waals surface area contributed by atoms with E-state index < -0.39 is 11.7 Å². The minimum atomic E-state index is -0.715. The highest BCUT2D eigenvalue weighted by Gasteiger charge is 2.18. The van der Waals surface area contributed by atoms with Gasteiger partial charge in [-0.05, 0) is 43.3 Å². The fraction of sp³-hybridized carbons (Fsp3) is 0.200. The molecule has 3 aromatic rings. The quantitative estimate of drug-likeness (QED) is 0.612. The number of hydrogen-bond acceptors (Lipinski definition) is 5. The van der Waals surface area contributed by atoms with Gasteiger partial charge in [0.2, 0.25) is 5.91 Å². The predicted octanol–water partition coefficient (Wildman–Crippen LogP) is 3.82. The molecule has 0 aliphatic carbocycles. The van der Waals surface area contributed by atoms with E-state index in [0.29, 0.717) is 11.6 Å². The Bertz CT molecular complexity index is 881. The van der Waals surface area contributed by atoms with Crippen LogP contribution in [0.2, 0.25) is 0 Å². The van der Waals surface area contributed by atoms with Crippen molar-refractivity contribution in [2.45, 2.75) is 13.3 Å². The number of carbonyl (C=O) groups excluding carboxylic acids is 1. The Balaban J connectivity index is 0.000000583. The van der Waals surface area contributed by atoms with Gasteiger partial charge in [0, 0.05) is 12.8 Å². The second-order valence-electron chi connectivity index (χ2n) is 5.29. The zero-order chi connectivity index (χ0) is 21.1. The molecular weight excluding hydrogens is 384 g/mol. The van der Waals surface area contributed by atoms with Crippen molar-refractivity contribution in [3.05, 3.63) is 65.9 Å². The number of thiazole rings is 1. The van der Waals surface area contributed by atoms with Crippen molar-refractivity contribution in [3.63, 3.8) is 0 Å². The number of hydrogen-bond donors (Lipinski definition) is 3. The molecule has 0 saturated heterocycles. The number of aliphatic hydroxyl groups excluding tert-OH is 1. The minimum Gasteiger partial charge on any atom is -0.396 e. The second kappa shape index (κ2) is 11.9. The number of amides is 1. The van der Waals surface area contributed by atoms with Crippen LogP contribution in [0.3, 0.4) is 0 Å². The highest BCUT2D eigenvalue weighted by molar-refractivity contribution is 7.18. The minimum absolute atomic E-state index is 0.0833. The summed E-state index contributed by atoms with van der Waals surface area (Å²) in [5, 5.41) is 8.23. The molecule has 0 fully saturated rings. The molecule has 0 radical (unpaired) electrons. The molecule has 28 heavy (non-hydrogen) atoms. The summed E-state index contributed by atoms with van der Waals surface area (Å²) < 4.78 is 27.0. The molecule has 5 N–H and O–H groups in total. The molecule has 1 aromatic heterocycles. The van der Waals surface area contributed by atoms with Gasteiger partial charge in [-0.3, -0.25) is 4.79 Å². The molecule has 5 nitrogen and oxygen atoms in total. The highest BCUT2D eigenvalue weighted by Crippen LogP contribution is 2.35. The molecule has 0 aliphatic rings. The van der Waals surface area contributed by atoms with E-state index in [2.05, 4.69) is 10.7 Å². The van der Waals surface area contributed by atoms with Crippen molar-refractivity contribution >= 4 is 17.2 Å². The number of halogens is 2. The number of rotatable bonds is 4. The maximum atomic E-state index is 14.1. The van der Waals surface area contributed by atoms with Crippen molar-refractivity contribution in [2.24, 2.45) is 11.5 Å². The first-order valence-corrected chi connectivity index (χ1v) is 9.28. The number of primary amides is 1. The largest absolute Gasteiger partial charge is 0.396 e. The van der Waals surface area contributed by atoms with E-state index >= 15 is 0 Å². The molecule has 1 amide bonds. The molecule has 150 valence electrons. The van der Waals surface area contributed by atoms with Crippen LogP contribution in [0.4, 0.5) is 8.78 Å². The van der Waals surface area contributed by atoms with E-state index in [9.17, 15) is 13.6 Å². The number of aromatic nitrogens is 1. The SMILES string of the molecule is CCCO.CN.NC(=O)c1cccc(F)c1-c1ncc(-c2ccc(F)cc2)s1. The Kier molecular flexibility index (Phi) is 9.94. The third kappa shape index (κ3) is 6.19. The monoisotopic (exact) mass is 407 g/mol. The molecule has 0 bridgehead atoms. The van der Waals surface area contributed by atoms with Crippen LogP contribution in [0.25, 0.3) is 21.0 Å². The molecule has 0 saturated carbocycles. The van der Waals surface area contributed by atoms with Crippen LogP contribution in [0.15, 0.2) is 48.7 Å². The Morgan fingerprint density at radius 1 is 1.14 bits per heavy atom. The summed E-state index contributed by atoms with van der Waals surface area (Å²) in [7, 11) is 1.50. The van der Waals surface area contributed by atoms with Crippen LogP contribution >= 0.6 is 11.3 Å². The molecule has 3 rings (SSSR count). The van der Waals surface area contributed by atoms with Gasteiger partial charge >= 0.3 is 0 Å². The maximum Gasteiger partial charge on any atom is 0.249 e. The van der Waals surface area contributed by atoms with E-state index in [1.54, 1.807) is 18.3 Å². The number of aliphatic hydroxyl groups is 1. The fourth-order valence-electron chi connectivity index (χ4n) is 2.08. The van der Waals surface area contributed by atoms with Crippen molar-refractivity contribution in [1.82, 2.24) is 4.98 Å². The van der Waals surface area contributed by atoms with Crippen molar-refractivity contribution in [3.8, 4) is 21.0 Å². The predicted molar refractivity (Wildman–Crippen MR) is 109 cm³/mol. The fourth-order valence-corrected chi connectivity index (χ4v) is 3.07. The lowest BCUT2D eigenvalue weighted by Gasteiger charge is -2.04. The smallest absolute Gasteiger partial charge is 0.249 e. The summed E-state index contributed by atoms with van der Waals surface area (Å²) >= 11 is 1.21. The van der Waals surface area contributed by atoms with Gasteiger partial charge in [-0.25, -0.2) is 13.8 Å². The van der Waals surface area contributed by atoms with Crippen LogP contribution in [0, 0.1) is 11.6 Å². The normalized spacial score (nSPS) is 9.64. The van der Waals surface area contributed by atoms with Gasteiger partial charge in [0.25, 0.3) is 0 Å². The first kappa shape index (κ1) is 23.4. The van der Waals surface area contributed by atoms with E-state index in [1.165, 1.54) is 48.7 Å². The van der Waals surface area contributed by atoms with Crippen LogP contribution in [-0.4, -0.2) is 29.7 Å². The first-order chi connectivity index (χ1) is 13.5. The van der Waals surface area contributed by atoms with Crippen LogP contribution in [-0.2, 0) is 0 Å². The zero-order valence-corrected chi connectivity index (χ0v) is 16.5. The molecule has 0 aliphatic heterocycles. The number of carbonyl (C=O) groups is 1. The second-order valence-corrected chi connectivity index (χ2v) is 6.32. The molecular formula is C20H23F2N3O2S. The lowest BCUT2D eigenvalue weighted by Crippen LogP contribution is -2.13. The average Bonchev–Trinajstić information content (AvgIpc) is 3.19. The van der Waals surface area contributed by atoms with E-state index in [4.69, 9.17) is 10.8 Å². The van der Waals surface area contributed by atoms with Gasteiger partial charge in [-0.1, -0.05) is 25.1 Å². The Hall–Kier alpha value is -2.68. The molecule has 2 aromatic carbocycles. The van der Waals surface area contributed by atoms with Gasteiger partial charge in [-0.2, -0.15) is 0 Å². The number of nitrogens with two attached hydrogens (primary N) is 2. The van der Waals surface area contributed by atoms with Crippen molar-refractivity contribution in [2.75, 3.05) is 13.7 Å². The lowest BCUT2D eigenvalue weighted by molar-refractivity contribution is 0.100. The lowest BCUT2D eigenvalue weighted by atomic mass is 10.1. The highest BCUT2D eigenvalue weighted by atomic mass is 32.1. The third-order valence-corrected chi connectivity index (χ3v) is 4.41. The van der Waals surface area contributed by atoms with E-state index in [0.717, 1.165) is 16.9 Å². The first-order valence-electron chi connectivity index (χ1n) is 8.47. The summed E-state index contributed by atoms with van der Waals surface area (Å²) in [6.45, 7) is 2.25. The number of nitrogens with zero attached hydrogens (tertiary/aromatic N) is 1. The van der Waals surface area contributed by atoms with Crippen LogP contribution < -0.4 is 11.5 Å². The van der Waals surface area contributed by atoms with Gasteiger partial charge in [0.15, 0.2) is 0 Å². The Labute approximate surface area is 166 Å². The molecule has 1 heterocycles. The molecule has 0 atom stereocenters. The van der Waals surface area contributed by atoms with E-state index in [1.807, 2.05) is 6.92 Å². The Morgan fingerprint density at radius 2 is 1.75 bits per heavy atom. The molecule has 0 unspecified atom stereocenters. The van der Waals surface area contributed by atoms with Crippen LogP contribution in [0.5, 0.6) is 0 Å². The van der Waals surface area contributed by atoms with Crippen molar-refractivity contribution in [1.29, 1.82) is 0 Å². The maximum absolute atomic E-state index is 14.1. The zero-order valence-electron chi connectivity index (χ0n) is 15.7. The summed E-state index contributed by atoms with van der Waals surface area (Å²) in [5.41, 5.74) is 10.7. The van der Waals surface area contributed by atoms with Crippen LogP contribution in [0.1, 0.15) is 23.7 Å². The molecule has 8 heteroatoms. The topological polar surface area (TPSA) is 102 Å². The van der Waals surface area contributed by atoms with Gasteiger partial charge in [0.05, 0.1) is 16.0 Å². The third-order valence-electron chi connectivity index (χ3n) is 3.35. The summed E-state index contributed by atoms with van der Waals surface area (Å²) in [6, 6.07) is 10.0. The Morgan fingerprint density at radius 3 is 2.29 bits per heavy atom. The van der Waals surface area contributed by atoms with Gasteiger partial charge in [0.1, 0.15) is 16.6 Å². The number of benzene rings is 2. The summed E-state index contributed by atoms with van der Waals surface area (Å²) in [5.74, 6) is -1.61. The van der Waals surface area contributed by atoms with E-state index in [-0.39, 0.29) is 16.9 Å². The molecule has 0 spiro atoms. The standard InChI is InChI=1S/C16H10F2N2OS.C3H8O.CH5N/c17-10-6-4-9(5-7-10)13-8-20-16(22-13)14-11(15(19)21)2-1-3-12(14)18;1-2-3-4;1-2/h1-8H,(H2,19,21);4H,2-3H2,1H3;2H2,1H3. The summed E-state index contributed by atoms with van der Waals surface area (Å²) in [6.07, 6.45) is 2.43. The summed E-state index contributed by atoms with van der Waals surface area (Å²) in [4.78, 5) is 16.4. The van der Waals surface area contributed by atoms with Gasteiger partial charge in [-0.15, -0.1) is 11.3 Å². The van der Waals surface area contributed by atoms with Gasteiger partial charge < -0.3 is 16.6 Å². The average molecular weight is 407 g/mol.